The van der Waals surface area contributed by atoms with E-state index in [-0.39, 0.29) is 0 Å². The molecule has 0 atom stereocenters. The van der Waals surface area contributed by atoms with E-state index in [1.54, 1.807) is 5.57 Å². The van der Waals surface area contributed by atoms with Gasteiger partial charge in [0.1, 0.15) is 0 Å². The van der Waals surface area contributed by atoms with Crippen LogP contribution in [0.1, 0.15) is 43.4 Å². The van der Waals surface area contributed by atoms with Gasteiger partial charge in [0, 0.05) is 0 Å². The second-order valence-electron chi connectivity index (χ2n) is 5.62. The fourth-order valence-electron chi connectivity index (χ4n) is 3.25. The van der Waals surface area contributed by atoms with Crippen molar-refractivity contribution in [3.05, 3.63) is 64.7 Å². The normalized spacial score (nSPS) is 13.2. The summed E-state index contributed by atoms with van der Waals surface area (Å²) in [6.45, 7) is 4.51. The molecule has 0 radical (unpaired) electrons. The third kappa shape index (κ3) is 2.31. The summed E-state index contributed by atoms with van der Waals surface area (Å²) in [4.78, 5) is 0. The van der Waals surface area contributed by atoms with E-state index in [1.807, 2.05) is 0 Å². The van der Waals surface area contributed by atoms with Crippen LogP contribution in [0.5, 0.6) is 0 Å². The highest BCUT2D eigenvalue weighted by Gasteiger charge is 2.18. The van der Waals surface area contributed by atoms with Crippen LogP contribution < -0.4 is 0 Å². The maximum atomic E-state index is 2.44. The number of allylic oxidation sites excluding steroid dienone is 1. The van der Waals surface area contributed by atoms with Crippen LogP contribution in [0.4, 0.5) is 0 Å². The SMILES string of the molecule is CCCC1=Cc2c(ccc(CC)c2-c2ccccc2)C1. The molecule has 1 aliphatic rings. The molecule has 0 nitrogen and oxygen atoms in total. The molecule has 0 saturated carbocycles. The molecular formula is C20H22. The molecule has 0 unspecified atom stereocenters. The zero-order valence-corrected chi connectivity index (χ0v) is 12.4. The van der Waals surface area contributed by atoms with Crippen molar-refractivity contribution in [3.8, 4) is 11.1 Å². The van der Waals surface area contributed by atoms with Crippen molar-refractivity contribution in [3.63, 3.8) is 0 Å². The molecule has 20 heavy (non-hydrogen) atoms. The summed E-state index contributed by atoms with van der Waals surface area (Å²) in [6.07, 6.45) is 7.15. The minimum atomic E-state index is 1.09. The maximum absolute atomic E-state index is 2.44. The minimum Gasteiger partial charge on any atom is -0.0652 e. The van der Waals surface area contributed by atoms with E-state index in [1.165, 1.54) is 40.7 Å². The van der Waals surface area contributed by atoms with Gasteiger partial charge < -0.3 is 0 Å². The highest BCUT2D eigenvalue weighted by atomic mass is 14.2. The van der Waals surface area contributed by atoms with Crippen LogP contribution in [0.25, 0.3) is 17.2 Å². The van der Waals surface area contributed by atoms with Gasteiger partial charge in [-0.3, -0.25) is 0 Å². The van der Waals surface area contributed by atoms with Crippen molar-refractivity contribution in [2.75, 3.05) is 0 Å². The molecule has 2 aromatic carbocycles. The standard InChI is InChI=1S/C20H22/c1-3-8-15-13-18-12-11-16(4-2)20(19(18)14-15)17-9-6-5-7-10-17/h5-7,9-12,14H,3-4,8,13H2,1-2H3. The zero-order valence-electron chi connectivity index (χ0n) is 12.4. The fourth-order valence-corrected chi connectivity index (χ4v) is 3.25. The quantitative estimate of drug-likeness (QED) is 0.667. The van der Waals surface area contributed by atoms with E-state index in [9.17, 15) is 0 Å². The molecule has 2 aromatic rings. The lowest BCUT2D eigenvalue weighted by Gasteiger charge is -2.13. The summed E-state index contributed by atoms with van der Waals surface area (Å²) in [7, 11) is 0. The van der Waals surface area contributed by atoms with Crippen LogP contribution in [0.3, 0.4) is 0 Å². The van der Waals surface area contributed by atoms with E-state index >= 15 is 0 Å². The third-order valence-corrected chi connectivity index (χ3v) is 4.20. The summed E-state index contributed by atoms with van der Waals surface area (Å²) in [5, 5.41) is 0. The van der Waals surface area contributed by atoms with Gasteiger partial charge in [-0.05, 0) is 47.1 Å². The highest BCUT2D eigenvalue weighted by molar-refractivity contribution is 5.83. The molecule has 0 spiro atoms. The Labute approximate surface area is 122 Å². The predicted octanol–water partition coefficient (Wildman–Crippen LogP) is 5.66. The van der Waals surface area contributed by atoms with Crippen LogP contribution >= 0.6 is 0 Å². The maximum Gasteiger partial charge on any atom is -0.00576 e. The summed E-state index contributed by atoms with van der Waals surface area (Å²) in [5.74, 6) is 0. The first-order valence-electron chi connectivity index (χ1n) is 7.73. The van der Waals surface area contributed by atoms with E-state index in [0.717, 1.165) is 12.8 Å². The van der Waals surface area contributed by atoms with E-state index in [4.69, 9.17) is 0 Å². The van der Waals surface area contributed by atoms with Crippen LogP contribution in [0, 0.1) is 0 Å². The third-order valence-electron chi connectivity index (χ3n) is 4.20. The predicted molar refractivity (Wildman–Crippen MR) is 87.8 cm³/mol. The number of benzene rings is 2. The van der Waals surface area contributed by atoms with Crippen molar-refractivity contribution in [2.24, 2.45) is 0 Å². The lowest BCUT2D eigenvalue weighted by atomic mass is 9.91. The number of hydrogen-bond acceptors (Lipinski definition) is 0. The van der Waals surface area contributed by atoms with Gasteiger partial charge in [-0.15, -0.1) is 0 Å². The molecule has 0 aromatic heterocycles. The lowest BCUT2D eigenvalue weighted by Crippen LogP contribution is -1.94. The minimum absolute atomic E-state index is 1.09. The molecule has 0 heteroatoms. The average molecular weight is 262 g/mol. The summed E-state index contributed by atoms with van der Waals surface area (Å²) in [5.41, 5.74) is 8.84. The summed E-state index contributed by atoms with van der Waals surface area (Å²) >= 11 is 0. The van der Waals surface area contributed by atoms with E-state index in [0.29, 0.717) is 0 Å². The van der Waals surface area contributed by atoms with E-state index < -0.39 is 0 Å². The van der Waals surface area contributed by atoms with Gasteiger partial charge in [0.25, 0.3) is 0 Å². The zero-order chi connectivity index (χ0) is 13.9. The second-order valence-corrected chi connectivity index (χ2v) is 5.62. The Balaban J connectivity index is 2.16. The van der Waals surface area contributed by atoms with Crippen molar-refractivity contribution in [2.45, 2.75) is 39.5 Å². The molecule has 0 amide bonds. The largest absolute Gasteiger partial charge is 0.0652 e. The van der Waals surface area contributed by atoms with Gasteiger partial charge in [0.15, 0.2) is 0 Å². The Kier molecular flexibility index (Phi) is 3.73. The van der Waals surface area contributed by atoms with Gasteiger partial charge in [-0.1, -0.05) is 74.4 Å². The molecule has 0 fully saturated rings. The molecular weight excluding hydrogens is 240 g/mol. The molecule has 0 N–H and O–H groups in total. The first kappa shape index (κ1) is 13.2. The number of fused-ring (bicyclic) bond motifs is 1. The summed E-state index contributed by atoms with van der Waals surface area (Å²) in [6, 6.07) is 15.5. The molecule has 0 heterocycles. The Morgan fingerprint density at radius 3 is 2.45 bits per heavy atom. The first-order valence-corrected chi connectivity index (χ1v) is 7.73. The van der Waals surface area contributed by atoms with Gasteiger partial charge in [-0.2, -0.15) is 0 Å². The Morgan fingerprint density at radius 2 is 1.75 bits per heavy atom. The highest BCUT2D eigenvalue weighted by Crippen LogP contribution is 2.37. The Hall–Kier alpha value is -1.82. The molecule has 3 rings (SSSR count). The Morgan fingerprint density at radius 1 is 0.950 bits per heavy atom. The smallest absolute Gasteiger partial charge is 0.00576 e. The van der Waals surface area contributed by atoms with Gasteiger partial charge in [-0.25, -0.2) is 0 Å². The van der Waals surface area contributed by atoms with Gasteiger partial charge in [0.05, 0.1) is 0 Å². The molecule has 0 bridgehead atoms. The summed E-state index contributed by atoms with van der Waals surface area (Å²) < 4.78 is 0. The van der Waals surface area contributed by atoms with Gasteiger partial charge >= 0.3 is 0 Å². The molecule has 0 aliphatic heterocycles. The van der Waals surface area contributed by atoms with E-state index in [2.05, 4.69) is 62.4 Å². The monoisotopic (exact) mass is 262 g/mol. The fraction of sp³-hybridized carbons (Fsp3) is 0.300. The van der Waals surface area contributed by atoms with Crippen molar-refractivity contribution in [1.82, 2.24) is 0 Å². The second kappa shape index (κ2) is 5.66. The first-order chi connectivity index (χ1) is 9.83. The molecule has 0 saturated heterocycles. The van der Waals surface area contributed by atoms with Crippen LogP contribution in [-0.4, -0.2) is 0 Å². The van der Waals surface area contributed by atoms with Crippen molar-refractivity contribution in [1.29, 1.82) is 0 Å². The van der Waals surface area contributed by atoms with Crippen LogP contribution in [0.2, 0.25) is 0 Å². The van der Waals surface area contributed by atoms with Crippen molar-refractivity contribution >= 4 is 6.08 Å². The molecule has 1 aliphatic carbocycles. The lowest BCUT2D eigenvalue weighted by molar-refractivity contribution is 0.886. The van der Waals surface area contributed by atoms with Crippen LogP contribution in [-0.2, 0) is 12.8 Å². The molecule has 102 valence electrons. The van der Waals surface area contributed by atoms with Crippen molar-refractivity contribution < 1.29 is 0 Å². The number of rotatable bonds is 4. The average Bonchev–Trinajstić information content (AvgIpc) is 2.89. The van der Waals surface area contributed by atoms with Crippen LogP contribution in [0.15, 0.2) is 48.0 Å². The topological polar surface area (TPSA) is 0 Å². The Bertz CT molecular complexity index is 633. The van der Waals surface area contributed by atoms with Gasteiger partial charge in [0.2, 0.25) is 0 Å². The number of hydrogen-bond donors (Lipinski definition) is 0. The number of aryl methyl sites for hydroxylation is 1.